The fourth-order valence-corrected chi connectivity index (χ4v) is 3.26. The van der Waals surface area contributed by atoms with Crippen LogP contribution in [0.25, 0.3) is 33.1 Å². The summed E-state index contributed by atoms with van der Waals surface area (Å²) in [7, 11) is 1.64. The van der Waals surface area contributed by atoms with Crippen molar-refractivity contribution in [1.29, 1.82) is 0 Å². The maximum absolute atomic E-state index is 12.8. The normalized spacial score (nSPS) is 11.4. The molecule has 1 N–H and O–H groups in total. The van der Waals surface area contributed by atoms with Gasteiger partial charge in [0.2, 0.25) is 5.88 Å². The van der Waals surface area contributed by atoms with Gasteiger partial charge in [-0.05, 0) is 31.5 Å². The zero-order chi connectivity index (χ0) is 19.0. The molecule has 0 radical (unpaired) electrons. The first kappa shape index (κ1) is 17.4. The van der Waals surface area contributed by atoms with Crippen molar-refractivity contribution in [2.24, 2.45) is 0 Å². The molecule has 5 heteroatoms. The summed E-state index contributed by atoms with van der Waals surface area (Å²) in [6, 6.07) is 13.7. The van der Waals surface area contributed by atoms with Crippen LogP contribution in [0.4, 0.5) is 5.88 Å². The average molecular weight is 363 g/mol. The summed E-state index contributed by atoms with van der Waals surface area (Å²) in [5, 5.41) is 4.50. The van der Waals surface area contributed by atoms with Crippen molar-refractivity contribution in [3.63, 3.8) is 0 Å². The van der Waals surface area contributed by atoms with E-state index >= 15 is 0 Å². The maximum atomic E-state index is 12.8. The van der Waals surface area contributed by atoms with Crippen molar-refractivity contribution in [2.75, 3.05) is 25.6 Å². The summed E-state index contributed by atoms with van der Waals surface area (Å²) < 4.78 is 16.9. The van der Waals surface area contributed by atoms with E-state index in [0.29, 0.717) is 35.6 Å². The third kappa shape index (κ3) is 3.11. The predicted octanol–water partition coefficient (Wildman–Crippen LogP) is 4.88. The van der Waals surface area contributed by atoms with E-state index in [9.17, 15) is 4.79 Å². The number of anilines is 1. The van der Waals surface area contributed by atoms with Gasteiger partial charge in [0.05, 0.1) is 17.6 Å². The second kappa shape index (κ2) is 6.93. The van der Waals surface area contributed by atoms with Crippen LogP contribution in [0.2, 0.25) is 0 Å². The number of fused-ring (bicyclic) bond motifs is 3. The van der Waals surface area contributed by atoms with Crippen LogP contribution in [-0.4, -0.2) is 20.3 Å². The lowest BCUT2D eigenvalue weighted by Crippen LogP contribution is -2.07. The molecule has 0 saturated heterocycles. The van der Waals surface area contributed by atoms with E-state index in [2.05, 4.69) is 5.32 Å². The fraction of sp³-hybridized carbons (Fsp3) is 0.227. The van der Waals surface area contributed by atoms with Gasteiger partial charge in [-0.1, -0.05) is 41.5 Å². The second-order valence-corrected chi connectivity index (χ2v) is 6.69. The van der Waals surface area contributed by atoms with Crippen molar-refractivity contribution in [3.8, 4) is 11.1 Å². The number of furan rings is 1. The van der Waals surface area contributed by atoms with Crippen LogP contribution in [0.1, 0.15) is 11.1 Å². The van der Waals surface area contributed by atoms with Crippen LogP contribution < -0.4 is 10.9 Å². The zero-order valence-corrected chi connectivity index (χ0v) is 15.6. The quantitative estimate of drug-likeness (QED) is 0.404. The van der Waals surface area contributed by atoms with Gasteiger partial charge in [-0.15, -0.1) is 0 Å². The molecule has 2 aromatic carbocycles. The van der Waals surface area contributed by atoms with Gasteiger partial charge >= 0.3 is 5.63 Å². The van der Waals surface area contributed by atoms with E-state index in [-0.39, 0.29) is 0 Å². The number of hydrogen-bond acceptors (Lipinski definition) is 5. The number of aryl methyl sites for hydroxylation is 2. The maximum Gasteiger partial charge on any atom is 0.348 e. The van der Waals surface area contributed by atoms with E-state index in [4.69, 9.17) is 13.6 Å². The van der Waals surface area contributed by atoms with Gasteiger partial charge in [0.15, 0.2) is 5.58 Å². The molecule has 0 aliphatic heterocycles. The molecule has 2 aromatic heterocycles. The summed E-state index contributed by atoms with van der Waals surface area (Å²) in [6.07, 6.45) is 0. The summed E-state index contributed by atoms with van der Waals surface area (Å²) in [5.74, 6) is 0.548. The fourth-order valence-electron chi connectivity index (χ4n) is 3.26. The molecular formula is C22H21NO4. The molecule has 0 amide bonds. The Labute approximate surface area is 156 Å². The number of benzene rings is 2. The SMILES string of the molecule is COCCNc1oc2c(c1-c1ccc(C)cc1)c(=O)oc1ccc(C)cc12. The zero-order valence-electron chi connectivity index (χ0n) is 15.6. The first-order chi connectivity index (χ1) is 13.1. The molecule has 0 atom stereocenters. The average Bonchev–Trinajstić information content (AvgIpc) is 3.04. The Morgan fingerprint density at radius 1 is 1.00 bits per heavy atom. The standard InChI is InChI=1S/C22H21NO4/c1-13-4-7-15(8-5-13)18-19-20(27-21(18)23-10-11-25-3)16-12-14(2)6-9-17(16)26-22(19)24/h4-9,12,23H,10-11H2,1-3H3. The molecule has 0 aliphatic rings. The largest absolute Gasteiger partial charge is 0.439 e. The highest BCUT2D eigenvalue weighted by Gasteiger charge is 2.22. The van der Waals surface area contributed by atoms with Gasteiger partial charge in [-0.25, -0.2) is 4.79 Å². The summed E-state index contributed by atoms with van der Waals surface area (Å²) in [6.45, 7) is 5.12. The first-order valence-electron chi connectivity index (χ1n) is 8.88. The molecule has 0 saturated carbocycles. The summed E-state index contributed by atoms with van der Waals surface area (Å²) in [5.41, 5.74) is 4.50. The Balaban J connectivity index is 2.04. The minimum atomic E-state index is -0.402. The molecular weight excluding hydrogens is 342 g/mol. The lowest BCUT2D eigenvalue weighted by molar-refractivity contribution is 0.210. The molecule has 4 rings (SSSR count). The summed E-state index contributed by atoms with van der Waals surface area (Å²) >= 11 is 0. The Hall–Kier alpha value is -3.05. The van der Waals surface area contributed by atoms with Crippen LogP contribution in [-0.2, 0) is 4.74 Å². The molecule has 0 aliphatic carbocycles. The van der Waals surface area contributed by atoms with Crippen LogP contribution >= 0.6 is 0 Å². The Kier molecular flexibility index (Phi) is 4.46. The van der Waals surface area contributed by atoms with Crippen molar-refractivity contribution in [1.82, 2.24) is 0 Å². The van der Waals surface area contributed by atoms with Gasteiger partial charge in [0.1, 0.15) is 11.0 Å². The minimum Gasteiger partial charge on any atom is -0.439 e. The van der Waals surface area contributed by atoms with Crippen LogP contribution in [0.5, 0.6) is 0 Å². The van der Waals surface area contributed by atoms with Crippen molar-refractivity contribution < 1.29 is 13.6 Å². The van der Waals surface area contributed by atoms with E-state index < -0.39 is 5.63 Å². The minimum absolute atomic E-state index is 0.402. The smallest absolute Gasteiger partial charge is 0.348 e. The van der Waals surface area contributed by atoms with Gasteiger partial charge in [0, 0.05) is 13.7 Å². The van der Waals surface area contributed by atoms with Gasteiger partial charge in [0.25, 0.3) is 0 Å². The third-order valence-electron chi connectivity index (χ3n) is 4.63. The van der Waals surface area contributed by atoms with Crippen LogP contribution in [0, 0.1) is 13.8 Å². The molecule has 0 spiro atoms. The summed E-state index contributed by atoms with van der Waals surface area (Å²) in [4.78, 5) is 12.8. The van der Waals surface area contributed by atoms with Gasteiger partial charge in [-0.2, -0.15) is 0 Å². The number of rotatable bonds is 5. The van der Waals surface area contributed by atoms with E-state index in [1.807, 2.05) is 50.2 Å². The molecule has 0 unspecified atom stereocenters. The highest BCUT2D eigenvalue weighted by atomic mass is 16.5. The molecule has 4 aromatic rings. The highest BCUT2D eigenvalue weighted by molar-refractivity contribution is 6.09. The number of methoxy groups -OCH3 is 1. The van der Waals surface area contributed by atoms with Crippen LogP contribution in [0.3, 0.4) is 0 Å². The lowest BCUT2D eigenvalue weighted by Gasteiger charge is -2.06. The van der Waals surface area contributed by atoms with Crippen molar-refractivity contribution >= 4 is 27.8 Å². The Bertz CT molecular complexity index is 1170. The predicted molar refractivity (Wildman–Crippen MR) is 108 cm³/mol. The number of hydrogen-bond donors (Lipinski definition) is 1. The molecule has 5 nitrogen and oxygen atoms in total. The number of ether oxygens (including phenoxy) is 1. The molecule has 138 valence electrons. The van der Waals surface area contributed by atoms with Crippen molar-refractivity contribution in [3.05, 3.63) is 64.0 Å². The monoisotopic (exact) mass is 363 g/mol. The molecule has 27 heavy (non-hydrogen) atoms. The van der Waals surface area contributed by atoms with E-state index in [1.165, 1.54) is 0 Å². The topological polar surface area (TPSA) is 64.6 Å². The molecule has 0 bridgehead atoms. The lowest BCUT2D eigenvalue weighted by atomic mass is 10.0. The van der Waals surface area contributed by atoms with Crippen molar-refractivity contribution in [2.45, 2.75) is 13.8 Å². The Morgan fingerprint density at radius 3 is 2.48 bits per heavy atom. The highest BCUT2D eigenvalue weighted by Crippen LogP contribution is 2.39. The first-order valence-corrected chi connectivity index (χ1v) is 8.88. The molecule has 2 heterocycles. The van der Waals surface area contributed by atoms with E-state index in [1.54, 1.807) is 13.2 Å². The number of nitrogens with one attached hydrogen (secondary N) is 1. The molecule has 0 fully saturated rings. The van der Waals surface area contributed by atoms with Gasteiger partial charge < -0.3 is 18.9 Å². The second-order valence-electron chi connectivity index (χ2n) is 6.69. The van der Waals surface area contributed by atoms with E-state index in [0.717, 1.165) is 27.6 Å². The third-order valence-corrected chi connectivity index (χ3v) is 4.63. The Morgan fingerprint density at radius 2 is 1.74 bits per heavy atom. The van der Waals surface area contributed by atoms with Crippen LogP contribution in [0.15, 0.2) is 56.1 Å². The van der Waals surface area contributed by atoms with Gasteiger partial charge in [-0.3, -0.25) is 0 Å².